The molecule has 0 amide bonds. The van der Waals surface area contributed by atoms with Gasteiger partial charge in [0.1, 0.15) is 0 Å². The van der Waals surface area contributed by atoms with Gasteiger partial charge in [-0.15, -0.1) is 0 Å². The van der Waals surface area contributed by atoms with Gasteiger partial charge < -0.3 is 0 Å². The van der Waals surface area contributed by atoms with Gasteiger partial charge in [0, 0.05) is 0 Å². The second kappa shape index (κ2) is 16.0. The number of unbranched alkanes of at least 4 members (excludes halogenated alkanes) is 7. The van der Waals surface area contributed by atoms with Crippen molar-refractivity contribution in [2.45, 2.75) is 145 Å². The third-order valence-corrected chi connectivity index (χ3v) is 7.03. The molecule has 2 atom stereocenters. The topological polar surface area (TPSA) is 0 Å². The summed E-state index contributed by atoms with van der Waals surface area (Å²) in [6.07, 6.45) is 21.5. The molecule has 0 spiro atoms. The van der Waals surface area contributed by atoms with Gasteiger partial charge in [0.25, 0.3) is 0 Å². The van der Waals surface area contributed by atoms with Crippen molar-refractivity contribution in [3.8, 4) is 0 Å². The fourth-order valence-corrected chi connectivity index (χ4v) is 5.16. The summed E-state index contributed by atoms with van der Waals surface area (Å²) < 4.78 is 0. The van der Waals surface area contributed by atoms with Gasteiger partial charge in [0.2, 0.25) is 0 Å². The zero-order chi connectivity index (χ0) is 19.8. The minimum Gasteiger partial charge on any atom is -0.0654 e. The predicted molar refractivity (Wildman–Crippen MR) is 122 cm³/mol. The van der Waals surface area contributed by atoms with Crippen molar-refractivity contribution >= 4 is 0 Å². The molecule has 0 aromatic heterocycles. The van der Waals surface area contributed by atoms with Gasteiger partial charge >= 0.3 is 0 Å². The lowest BCUT2D eigenvalue weighted by atomic mass is 9.60. The lowest BCUT2D eigenvalue weighted by molar-refractivity contribution is 0.0477. The summed E-state index contributed by atoms with van der Waals surface area (Å²) in [6, 6.07) is 0. The van der Waals surface area contributed by atoms with E-state index in [1.165, 1.54) is 96.3 Å². The Bertz CT molecular complexity index is 290. The molecule has 0 rings (SSSR count). The summed E-state index contributed by atoms with van der Waals surface area (Å²) >= 11 is 0. The quantitative estimate of drug-likeness (QED) is 0.212. The fourth-order valence-electron chi connectivity index (χ4n) is 5.16. The smallest absolute Gasteiger partial charge is 0.0246 e. The minimum atomic E-state index is 0.605. The Morgan fingerprint density at radius 1 is 0.577 bits per heavy atom. The molecule has 0 N–H and O–H groups in total. The third-order valence-electron chi connectivity index (χ3n) is 7.03. The Morgan fingerprint density at radius 2 is 1.12 bits per heavy atom. The average Bonchev–Trinajstić information content (AvgIpc) is 2.60. The van der Waals surface area contributed by atoms with Gasteiger partial charge in [-0.3, -0.25) is 0 Å². The van der Waals surface area contributed by atoms with Crippen LogP contribution in [0.1, 0.15) is 145 Å². The Hall–Kier alpha value is 0. The Kier molecular flexibility index (Phi) is 16.0. The predicted octanol–water partition coefficient (Wildman–Crippen LogP) is 9.81. The van der Waals surface area contributed by atoms with Crippen LogP contribution < -0.4 is 0 Å². The SMILES string of the molecule is CCCCCCCC(CC)C(CCCC)(CCCCCC(C)C)C(C)C. The highest BCUT2D eigenvalue weighted by Crippen LogP contribution is 2.48. The van der Waals surface area contributed by atoms with Crippen molar-refractivity contribution in [3.63, 3.8) is 0 Å². The fraction of sp³-hybridized carbons (Fsp3) is 1.00. The van der Waals surface area contributed by atoms with Crippen LogP contribution in [0.3, 0.4) is 0 Å². The highest BCUT2D eigenvalue weighted by molar-refractivity contribution is 4.89. The molecule has 0 fully saturated rings. The first-order chi connectivity index (χ1) is 12.4. The molecule has 0 saturated heterocycles. The van der Waals surface area contributed by atoms with E-state index in [1.54, 1.807) is 0 Å². The van der Waals surface area contributed by atoms with Crippen molar-refractivity contribution in [3.05, 3.63) is 0 Å². The van der Waals surface area contributed by atoms with Crippen LogP contribution in [-0.4, -0.2) is 0 Å². The molecule has 0 nitrogen and oxygen atoms in total. The van der Waals surface area contributed by atoms with Crippen molar-refractivity contribution in [1.82, 2.24) is 0 Å². The maximum absolute atomic E-state index is 2.53. The van der Waals surface area contributed by atoms with Crippen LogP contribution in [0, 0.1) is 23.2 Å². The molecule has 0 aromatic rings. The number of hydrogen-bond donors (Lipinski definition) is 0. The molecular weight excluding hydrogens is 312 g/mol. The zero-order valence-electron chi connectivity index (χ0n) is 19.8. The molecule has 0 saturated carbocycles. The van der Waals surface area contributed by atoms with Crippen LogP contribution in [0.25, 0.3) is 0 Å². The van der Waals surface area contributed by atoms with Crippen LogP contribution in [0.2, 0.25) is 0 Å². The van der Waals surface area contributed by atoms with Crippen molar-refractivity contribution in [2.75, 3.05) is 0 Å². The Morgan fingerprint density at radius 3 is 1.65 bits per heavy atom. The average molecular weight is 367 g/mol. The largest absolute Gasteiger partial charge is 0.0654 e. The Balaban J connectivity index is 4.82. The lowest BCUT2D eigenvalue weighted by Gasteiger charge is -2.45. The number of rotatable bonds is 18. The highest BCUT2D eigenvalue weighted by atomic mass is 14.4. The Labute approximate surface area is 168 Å². The molecule has 0 radical (unpaired) electrons. The standard InChI is InChI=1S/C26H54/c1-8-11-13-14-17-20-25(10-3)26(24(6)7,21-12-9-2)22-18-15-16-19-23(4)5/h23-25H,8-22H2,1-7H3. The van der Waals surface area contributed by atoms with Crippen molar-refractivity contribution < 1.29 is 0 Å². The van der Waals surface area contributed by atoms with Gasteiger partial charge in [-0.1, -0.05) is 126 Å². The first-order valence-corrected chi connectivity index (χ1v) is 12.4. The normalized spacial score (nSPS) is 15.6. The van der Waals surface area contributed by atoms with Crippen LogP contribution in [0.5, 0.6) is 0 Å². The van der Waals surface area contributed by atoms with E-state index in [0.717, 1.165) is 17.8 Å². The zero-order valence-corrected chi connectivity index (χ0v) is 19.8. The summed E-state index contributed by atoms with van der Waals surface area (Å²) in [5.74, 6) is 2.65. The summed E-state index contributed by atoms with van der Waals surface area (Å²) in [5, 5.41) is 0. The third kappa shape index (κ3) is 10.4. The lowest BCUT2D eigenvalue weighted by Crippen LogP contribution is -2.36. The summed E-state index contributed by atoms with van der Waals surface area (Å²) in [7, 11) is 0. The first-order valence-electron chi connectivity index (χ1n) is 12.4. The van der Waals surface area contributed by atoms with E-state index in [-0.39, 0.29) is 0 Å². The van der Waals surface area contributed by atoms with Gasteiger partial charge in [0.15, 0.2) is 0 Å². The maximum Gasteiger partial charge on any atom is -0.0246 e. The van der Waals surface area contributed by atoms with E-state index in [2.05, 4.69) is 48.5 Å². The van der Waals surface area contributed by atoms with Gasteiger partial charge in [-0.05, 0) is 42.4 Å². The molecule has 2 unspecified atom stereocenters. The second-order valence-electron chi connectivity index (χ2n) is 9.79. The van der Waals surface area contributed by atoms with Crippen molar-refractivity contribution in [2.24, 2.45) is 23.2 Å². The van der Waals surface area contributed by atoms with Crippen LogP contribution in [0.4, 0.5) is 0 Å². The molecule has 0 aromatic carbocycles. The maximum atomic E-state index is 2.53. The van der Waals surface area contributed by atoms with E-state index in [0.29, 0.717) is 5.41 Å². The molecular formula is C26H54. The molecule has 0 heterocycles. The highest BCUT2D eigenvalue weighted by Gasteiger charge is 2.38. The first kappa shape index (κ1) is 26.0. The van der Waals surface area contributed by atoms with Gasteiger partial charge in [-0.25, -0.2) is 0 Å². The van der Waals surface area contributed by atoms with E-state index in [4.69, 9.17) is 0 Å². The summed E-state index contributed by atoms with van der Waals surface area (Å²) in [4.78, 5) is 0. The molecule has 0 aliphatic heterocycles. The van der Waals surface area contributed by atoms with Crippen LogP contribution in [0.15, 0.2) is 0 Å². The summed E-state index contributed by atoms with van der Waals surface area (Å²) in [5.41, 5.74) is 0.605. The molecule has 0 aliphatic carbocycles. The molecule has 0 bridgehead atoms. The number of hydrogen-bond acceptors (Lipinski definition) is 0. The van der Waals surface area contributed by atoms with E-state index in [1.807, 2.05) is 0 Å². The molecule has 158 valence electrons. The van der Waals surface area contributed by atoms with Gasteiger partial charge in [-0.2, -0.15) is 0 Å². The van der Waals surface area contributed by atoms with Crippen LogP contribution >= 0.6 is 0 Å². The van der Waals surface area contributed by atoms with Crippen LogP contribution in [-0.2, 0) is 0 Å². The second-order valence-corrected chi connectivity index (χ2v) is 9.79. The molecule has 0 aliphatic rings. The molecule has 26 heavy (non-hydrogen) atoms. The summed E-state index contributed by atoms with van der Waals surface area (Å²) in [6.45, 7) is 17.0. The van der Waals surface area contributed by atoms with Gasteiger partial charge in [0.05, 0.1) is 0 Å². The molecule has 0 heteroatoms. The van der Waals surface area contributed by atoms with E-state index in [9.17, 15) is 0 Å². The minimum absolute atomic E-state index is 0.605. The van der Waals surface area contributed by atoms with E-state index < -0.39 is 0 Å². The monoisotopic (exact) mass is 366 g/mol. The van der Waals surface area contributed by atoms with Crippen molar-refractivity contribution in [1.29, 1.82) is 0 Å². The van der Waals surface area contributed by atoms with E-state index >= 15 is 0 Å².